The van der Waals surface area contributed by atoms with Gasteiger partial charge in [0.15, 0.2) is 0 Å². The van der Waals surface area contributed by atoms with Crippen LogP contribution in [0.3, 0.4) is 0 Å². The molecule has 1 aromatic carbocycles. The first-order valence-corrected chi connectivity index (χ1v) is 6.99. The van der Waals surface area contributed by atoms with E-state index in [0.29, 0.717) is 12.2 Å². The lowest BCUT2D eigenvalue weighted by Crippen LogP contribution is -2.31. The SMILES string of the molecule is Cc1cc(C)n(C[C@H]2CC(=O)N(c3ccccc3)C2=O)n1. The van der Waals surface area contributed by atoms with Gasteiger partial charge in [0.2, 0.25) is 11.8 Å². The van der Waals surface area contributed by atoms with Gasteiger partial charge in [0.1, 0.15) is 0 Å². The number of benzene rings is 1. The first kappa shape index (κ1) is 13.5. The molecule has 0 radical (unpaired) electrons. The van der Waals surface area contributed by atoms with Crippen molar-refractivity contribution >= 4 is 17.5 Å². The maximum Gasteiger partial charge on any atom is 0.239 e. The summed E-state index contributed by atoms with van der Waals surface area (Å²) < 4.78 is 1.81. The fourth-order valence-electron chi connectivity index (χ4n) is 2.75. The van der Waals surface area contributed by atoms with Gasteiger partial charge in [0.05, 0.1) is 23.8 Å². The highest BCUT2D eigenvalue weighted by atomic mass is 16.2. The van der Waals surface area contributed by atoms with Gasteiger partial charge in [-0.15, -0.1) is 0 Å². The summed E-state index contributed by atoms with van der Waals surface area (Å²) in [5.74, 6) is -0.618. The molecule has 1 aliphatic rings. The van der Waals surface area contributed by atoms with E-state index in [2.05, 4.69) is 5.10 Å². The number of hydrogen-bond acceptors (Lipinski definition) is 3. The van der Waals surface area contributed by atoms with E-state index in [0.717, 1.165) is 11.4 Å². The van der Waals surface area contributed by atoms with E-state index in [9.17, 15) is 9.59 Å². The van der Waals surface area contributed by atoms with E-state index in [-0.39, 0.29) is 24.2 Å². The van der Waals surface area contributed by atoms with Crippen LogP contribution in [0, 0.1) is 19.8 Å². The molecule has 2 aromatic rings. The Labute approximate surface area is 123 Å². The molecule has 2 amide bonds. The summed E-state index contributed by atoms with van der Waals surface area (Å²) in [6.45, 7) is 4.32. The number of rotatable bonds is 3. The molecule has 0 aliphatic carbocycles. The Morgan fingerprint density at radius 3 is 2.52 bits per heavy atom. The molecule has 2 heterocycles. The molecule has 0 bridgehead atoms. The van der Waals surface area contributed by atoms with Crippen LogP contribution in [0.5, 0.6) is 0 Å². The van der Waals surface area contributed by atoms with E-state index < -0.39 is 0 Å². The lowest BCUT2D eigenvalue weighted by molar-refractivity contribution is -0.122. The minimum Gasteiger partial charge on any atom is -0.274 e. The standard InChI is InChI=1S/C16H17N3O2/c1-11-8-12(2)18(17-11)10-13-9-15(20)19(16(13)21)14-6-4-3-5-7-14/h3-8,13H,9-10H2,1-2H3/t13-/m1/s1. The van der Waals surface area contributed by atoms with Crippen LogP contribution in [0.25, 0.3) is 0 Å². The average Bonchev–Trinajstić information content (AvgIpc) is 2.91. The van der Waals surface area contributed by atoms with Crippen molar-refractivity contribution in [2.75, 3.05) is 4.90 Å². The number of aryl methyl sites for hydroxylation is 2. The summed E-state index contributed by atoms with van der Waals surface area (Å²) >= 11 is 0. The van der Waals surface area contributed by atoms with Crippen LogP contribution in [-0.2, 0) is 16.1 Å². The normalized spacial score (nSPS) is 18.6. The Kier molecular flexibility index (Phi) is 3.33. The first-order chi connectivity index (χ1) is 10.1. The summed E-state index contributed by atoms with van der Waals surface area (Å²) in [6, 6.07) is 11.0. The zero-order chi connectivity index (χ0) is 15.0. The molecule has 0 spiro atoms. The van der Waals surface area contributed by atoms with Gasteiger partial charge >= 0.3 is 0 Å². The number of aromatic nitrogens is 2. The number of para-hydroxylation sites is 1. The average molecular weight is 283 g/mol. The highest BCUT2D eigenvalue weighted by Crippen LogP contribution is 2.27. The topological polar surface area (TPSA) is 55.2 Å². The number of anilines is 1. The number of carbonyl (C=O) groups excluding carboxylic acids is 2. The number of carbonyl (C=O) groups is 2. The third-order valence-corrected chi connectivity index (χ3v) is 3.75. The van der Waals surface area contributed by atoms with Gasteiger partial charge in [-0.25, -0.2) is 0 Å². The molecule has 1 atom stereocenters. The maximum atomic E-state index is 12.5. The molecule has 0 unspecified atom stereocenters. The van der Waals surface area contributed by atoms with E-state index >= 15 is 0 Å². The Morgan fingerprint density at radius 1 is 1.19 bits per heavy atom. The van der Waals surface area contributed by atoms with Gasteiger partial charge in [-0.05, 0) is 32.0 Å². The Bertz CT molecular complexity index is 691. The minimum atomic E-state index is -0.337. The molecular formula is C16H17N3O2. The second-order valence-corrected chi connectivity index (χ2v) is 5.41. The molecule has 108 valence electrons. The molecule has 1 saturated heterocycles. The molecule has 3 rings (SSSR count). The highest BCUT2D eigenvalue weighted by Gasteiger charge is 2.39. The maximum absolute atomic E-state index is 12.5. The predicted molar refractivity (Wildman–Crippen MR) is 78.7 cm³/mol. The molecule has 1 aromatic heterocycles. The smallest absolute Gasteiger partial charge is 0.239 e. The Hall–Kier alpha value is -2.43. The van der Waals surface area contributed by atoms with Crippen LogP contribution in [0.15, 0.2) is 36.4 Å². The van der Waals surface area contributed by atoms with Crippen molar-refractivity contribution in [2.45, 2.75) is 26.8 Å². The van der Waals surface area contributed by atoms with Gasteiger partial charge in [-0.2, -0.15) is 5.10 Å². The van der Waals surface area contributed by atoms with Gasteiger partial charge in [0.25, 0.3) is 0 Å². The molecular weight excluding hydrogens is 266 g/mol. The molecule has 0 saturated carbocycles. The molecule has 1 fully saturated rings. The van der Waals surface area contributed by atoms with Crippen LogP contribution in [0.2, 0.25) is 0 Å². The van der Waals surface area contributed by atoms with Gasteiger partial charge in [-0.3, -0.25) is 19.2 Å². The fourth-order valence-corrected chi connectivity index (χ4v) is 2.75. The highest BCUT2D eigenvalue weighted by molar-refractivity contribution is 6.20. The molecule has 5 nitrogen and oxygen atoms in total. The van der Waals surface area contributed by atoms with E-state index in [1.807, 2.05) is 38.1 Å². The second kappa shape index (κ2) is 5.16. The quantitative estimate of drug-likeness (QED) is 0.810. The van der Waals surface area contributed by atoms with Crippen LogP contribution in [0.1, 0.15) is 17.8 Å². The number of nitrogens with zero attached hydrogens (tertiary/aromatic N) is 3. The van der Waals surface area contributed by atoms with Gasteiger partial charge in [0, 0.05) is 12.1 Å². The predicted octanol–water partition coefficient (Wildman–Crippen LogP) is 2.08. The third kappa shape index (κ3) is 2.46. The van der Waals surface area contributed by atoms with Crippen LogP contribution in [0.4, 0.5) is 5.69 Å². The van der Waals surface area contributed by atoms with Crippen LogP contribution < -0.4 is 4.90 Å². The zero-order valence-corrected chi connectivity index (χ0v) is 12.1. The summed E-state index contributed by atoms with van der Waals surface area (Å²) in [5, 5.41) is 4.37. The number of hydrogen-bond donors (Lipinski definition) is 0. The summed E-state index contributed by atoms with van der Waals surface area (Å²) in [6.07, 6.45) is 0.242. The number of amides is 2. The van der Waals surface area contributed by atoms with Crippen molar-refractivity contribution in [3.8, 4) is 0 Å². The second-order valence-electron chi connectivity index (χ2n) is 5.41. The van der Waals surface area contributed by atoms with E-state index in [4.69, 9.17) is 0 Å². The molecule has 21 heavy (non-hydrogen) atoms. The van der Waals surface area contributed by atoms with E-state index in [1.165, 1.54) is 4.90 Å². The lowest BCUT2D eigenvalue weighted by atomic mass is 10.1. The Balaban J connectivity index is 1.82. The summed E-state index contributed by atoms with van der Waals surface area (Å²) in [7, 11) is 0. The monoisotopic (exact) mass is 283 g/mol. The van der Waals surface area contributed by atoms with Crippen LogP contribution >= 0.6 is 0 Å². The largest absolute Gasteiger partial charge is 0.274 e. The Morgan fingerprint density at radius 2 is 1.90 bits per heavy atom. The van der Waals surface area contributed by atoms with Crippen molar-refractivity contribution in [2.24, 2.45) is 5.92 Å². The zero-order valence-electron chi connectivity index (χ0n) is 12.1. The van der Waals surface area contributed by atoms with Gasteiger partial charge in [-0.1, -0.05) is 18.2 Å². The minimum absolute atomic E-state index is 0.140. The molecule has 1 aliphatic heterocycles. The number of imide groups is 1. The van der Waals surface area contributed by atoms with E-state index in [1.54, 1.807) is 16.8 Å². The van der Waals surface area contributed by atoms with Crippen LogP contribution in [-0.4, -0.2) is 21.6 Å². The first-order valence-electron chi connectivity index (χ1n) is 6.99. The summed E-state index contributed by atoms with van der Waals surface area (Å²) in [5.41, 5.74) is 2.57. The van der Waals surface area contributed by atoms with Crippen molar-refractivity contribution < 1.29 is 9.59 Å². The lowest BCUT2D eigenvalue weighted by Gasteiger charge is -2.15. The van der Waals surface area contributed by atoms with Crippen molar-refractivity contribution in [3.05, 3.63) is 47.8 Å². The van der Waals surface area contributed by atoms with Crippen molar-refractivity contribution in [3.63, 3.8) is 0 Å². The van der Waals surface area contributed by atoms with Crippen molar-refractivity contribution in [1.29, 1.82) is 0 Å². The van der Waals surface area contributed by atoms with Crippen molar-refractivity contribution in [1.82, 2.24) is 9.78 Å². The van der Waals surface area contributed by atoms with Gasteiger partial charge < -0.3 is 0 Å². The third-order valence-electron chi connectivity index (χ3n) is 3.75. The fraction of sp³-hybridized carbons (Fsp3) is 0.312. The summed E-state index contributed by atoms with van der Waals surface area (Å²) in [4.78, 5) is 25.9. The molecule has 0 N–H and O–H groups in total. The molecule has 5 heteroatoms.